The van der Waals surface area contributed by atoms with Gasteiger partial charge >= 0.3 is 0 Å². The molecule has 18 heavy (non-hydrogen) atoms. The fourth-order valence-corrected chi connectivity index (χ4v) is 2.72. The van der Waals surface area contributed by atoms with E-state index in [9.17, 15) is 0 Å². The molecule has 0 amide bonds. The molecule has 0 fully saturated rings. The van der Waals surface area contributed by atoms with Gasteiger partial charge in [-0.3, -0.25) is 0 Å². The van der Waals surface area contributed by atoms with E-state index in [1.807, 2.05) is 36.0 Å². The highest BCUT2D eigenvalue weighted by atomic mass is 79.9. The highest BCUT2D eigenvalue weighted by Crippen LogP contribution is 2.20. The topological polar surface area (TPSA) is 12.0 Å². The highest BCUT2D eigenvalue weighted by Gasteiger charge is 1.95. The van der Waals surface area contributed by atoms with E-state index in [1.165, 1.54) is 4.90 Å². The lowest BCUT2D eigenvalue weighted by Gasteiger charge is -2.06. The summed E-state index contributed by atoms with van der Waals surface area (Å²) in [4.78, 5) is 1.28. The molecule has 0 radical (unpaired) electrons. The first-order chi connectivity index (χ1) is 8.74. The second-order valence-electron chi connectivity index (χ2n) is 3.74. The van der Waals surface area contributed by atoms with Gasteiger partial charge in [0.25, 0.3) is 0 Å². The van der Waals surface area contributed by atoms with Crippen LogP contribution in [0.5, 0.6) is 0 Å². The first-order valence-corrected chi connectivity index (χ1v) is 7.77. The number of hydrogen-bond donors (Lipinski definition) is 1. The van der Waals surface area contributed by atoms with Crippen LogP contribution in [-0.4, -0.2) is 12.3 Å². The van der Waals surface area contributed by atoms with Gasteiger partial charge in [-0.05, 0) is 42.5 Å². The maximum absolute atomic E-state index is 5.92. The van der Waals surface area contributed by atoms with E-state index in [-0.39, 0.29) is 0 Å². The molecule has 4 heteroatoms. The molecule has 2 aromatic carbocycles. The normalized spacial score (nSPS) is 10.3. The number of anilines is 1. The standard InChI is InChI=1S/C14H13BrClNS/c15-11-4-6-14(7-5-11)18-9-8-17-13-3-1-2-12(16)10-13/h1-7,10,17H,8-9H2. The summed E-state index contributed by atoms with van der Waals surface area (Å²) in [6.45, 7) is 0.918. The first-order valence-electron chi connectivity index (χ1n) is 5.62. The smallest absolute Gasteiger partial charge is 0.0426 e. The van der Waals surface area contributed by atoms with Crippen LogP contribution >= 0.6 is 39.3 Å². The van der Waals surface area contributed by atoms with Gasteiger partial charge in [0.1, 0.15) is 0 Å². The van der Waals surface area contributed by atoms with Crippen LogP contribution in [0.15, 0.2) is 57.9 Å². The molecule has 2 rings (SSSR count). The second kappa shape index (κ2) is 7.07. The van der Waals surface area contributed by atoms with Gasteiger partial charge in [0, 0.05) is 32.4 Å². The van der Waals surface area contributed by atoms with Crippen molar-refractivity contribution in [3.63, 3.8) is 0 Å². The van der Waals surface area contributed by atoms with E-state index in [2.05, 4.69) is 45.5 Å². The number of benzene rings is 2. The van der Waals surface area contributed by atoms with Crippen molar-refractivity contribution in [1.82, 2.24) is 0 Å². The van der Waals surface area contributed by atoms with Gasteiger partial charge in [0.05, 0.1) is 0 Å². The molecule has 1 N–H and O–H groups in total. The molecule has 0 atom stereocenters. The minimum absolute atomic E-state index is 0.764. The van der Waals surface area contributed by atoms with Crippen LogP contribution < -0.4 is 5.32 Å². The Hall–Kier alpha value is -0.640. The number of rotatable bonds is 5. The molecule has 0 saturated carbocycles. The average Bonchev–Trinajstić information content (AvgIpc) is 2.37. The van der Waals surface area contributed by atoms with Crippen molar-refractivity contribution in [3.05, 3.63) is 58.0 Å². The molecule has 0 aliphatic rings. The van der Waals surface area contributed by atoms with Crippen LogP contribution in [0, 0.1) is 0 Å². The Morgan fingerprint density at radius 1 is 1.11 bits per heavy atom. The Morgan fingerprint density at radius 3 is 2.61 bits per heavy atom. The lowest BCUT2D eigenvalue weighted by Crippen LogP contribution is -2.03. The third-order valence-electron chi connectivity index (χ3n) is 2.34. The Kier molecular flexibility index (Phi) is 5.42. The van der Waals surface area contributed by atoms with Crippen LogP contribution in [0.2, 0.25) is 5.02 Å². The monoisotopic (exact) mass is 341 g/mol. The molecular formula is C14H13BrClNS. The maximum atomic E-state index is 5.92. The highest BCUT2D eigenvalue weighted by molar-refractivity contribution is 9.10. The molecule has 0 aromatic heterocycles. The third kappa shape index (κ3) is 4.56. The molecule has 0 aliphatic heterocycles. The Balaban J connectivity index is 1.74. The largest absolute Gasteiger partial charge is 0.384 e. The van der Waals surface area contributed by atoms with Gasteiger partial charge in [-0.2, -0.15) is 0 Å². The predicted octanol–water partition coefficient (Wildman–Crippen LogP) is 5.31. The van der Waals surface area contributed by atoms with Gasteiger partial charge in [0.15, 0.2) is 0 Å². The molecule has 0 spiro atoms. The second-order valence-corrected chi connectivity index (χ2v) is 6.26. The summed E-state index contributed by atoms with van der Waals surface area (Å²) in [5, 5.41) is 4.12. The fourth-order valence-electron chi connectivity index (χ4n) is 1.49. The van der Waals surface area contributed by atoms with Gasteiger partial charge in [-0.1, -0.05) is 33.6 Å². The Labute approximate surface area is 125 Å². The summed E-state index contributed by atoms with van der Waals surface area (Å²) in [6.07, 6.45) is 0. The van der Waals surface area contributed by atoms with Crippen molar-refractivity contribution in [2.24, 2.45) is 0 Å². The van der Waals surface area contributed by atoms with Crippen molar-refractivity contribution in [3.8, 4) is 0 Å². The Bertz CT molecular complexity index is 501. The molecule has 0 unspecified atom stereocenters. The van der Waals surface area contributed by atoms with Crippen LogP contribution in [0.3, 0.4) is 0 Å². The maximum Gasteiger partial charge on any atom is 0.0426 e. The van der Waals surface area contributed by atoms with E-state index >= 15 is 0 Å². The number of hydrogen-bond acceptors (Lipinski definition) is 2. The first kappa shape index (κ1) is 13.8. The summed E-state index contributed by atoms with van der Waals surface area (Å²) in [6, 6.07) is 16.2. The van der Waals surface area contributed by atoms with E-state index in [0.717, 1.165) is 27.5 Å². The molecular weight excluding hydrogens is 330 g/mol. The zero-order valence-electron chi connectivity index (χ0n) is 9.70. The van der Waals surface area contributed by atoms with Crippen molar-refractivity contribution in [1.29, 1.82) is 0 Å². The van der Waals surface area contributed by atoms with Gasteiger partial charge in [-0.25, -0.2) is 0 Å². The molecule has 1 nitrogen and oxygen atoms in total. The lowest BCUT2D eigenvalue weighted by atomic mass is 10.3. The molecule has 0 aliphatic carbocycles. The number of halogens is 2. The van der Waals surface area contributed by atoms with Crippen molar-refractivity contribution >= 4 is 45.0 Å². The third-order valence-corrected chi connectivity index (χ3v) is 4.12. The fraction of sp³-hybridized carbons (Fsp3) is 0.143. The SMILES string of the molecule is Clc1cccc(NCCSc2ccc(Br)cc2)c1. The summed E-state index contributed by atoms with van der Waals surface area (Å²) < 4.78 is 1.11. The minimum atomic E-state index is 0.764. The zero-order chi connectivity index (χ0) is 12.8. The minimum Gasteiger partial charge on any atom is -0.384 e. The summed E-state index contributed by atoms with van der Waals surface area (Å²) >= 11 is 11.2. The number of thioether (sulfide) groups is 1. The summed E-state index contributed by atoms with van der Waals surface area (Å²) in [7, 11) is 0. The quantitative estimate of drug-likeness (QED) is 0.584. The van der Waals surface area contributed by atoms with Crippen LogP contribution in [0.25, 0.3) is 0 Å². The molecule has 2 aromatic rings. The van der Waals surface area contributed by atoms with E-state index in [1.54, 1.807) is 0 Å². The molecule has 0 bridgehead atoms. The van der Waals surface area contributed by atoms with Crippen LogP contribution in [0.1, 0.15) is 0 Å². The summed E-state index contributed by atoms with van der Waals surface area (Å²) in [5.41, 5.74) is 1.07. The zero-order valence-corrected chi connectivity index (χ0v) is 12.9. The van der Waals surface area contributed by atoms with Crippen LogP contribution in [-0.2, 0) is 0 Å². The lowest BCUT2D eigenvalue weighted by molar-refractivity contribution is 1.22. The summed E-state index contributed by atoms with van der Waals surface area (Å²) in [5.74, 6) is 1.02. The molecule has 0 heterocycles. The van der Waals surface area contributed by atoms with E-state index in [4.69, 9.17) is 11.6 Å². The van der Waals surface area contributed by atoms with E-state index < -0.39 is 0 Å². The van der Waals surface area contributed by atoms with Gasteiger partial charge in [0.2, 0.25) is 0 Å². The van der Waals surface area contributed by atoms with Crippen LogP contribution in [0.4, 0.5) is 5.69 Å². The Morgan fingerprint density at radius 2 is 1.89 bits per heavy atom. The predicted molar refractivity (Wildman–Crippen MR) is 84.8 cm³/mol. The van der Waals surface area contributed by atoms with Gasteiger partial charge < -0.3 is 5.32 Å². The number of nitrogens with one attached hydrogen (secondary N) is 1. The average molecular weight is 343 g/mol. The molecule has 0 saturated heterocycles. The van der Waals surface area contributed by atoms with Crippen molar-refractivity contribution in [2.45, 2.75) is 4.90 Å². The van der Waals surface area contributed by atoms with Gasteiger partial charge in [-0.15, -0.1) is 11.8 Å². The van der Waals surface area contributed by atoms with E-state index in [0.29, 0.717) is 0 Å². The van der Waals surface area contributed by atoms with Crippen molar-refractivity contribution in [2.75, 3.05) is 17.6 Å². The van der Waals surface area contributed by atoms with Crippen molar-refractivity contribution < 1.29 is 0 Å². The molecule has 94 valence electrons.